The lowest BCUT2D eigenvalue weighted by Gasteiger charge is -2.04. The van der Waals surface area contributed by atoms with Gasteiger partial charge in [0.15, 0.2) is 5.78 Å². The number of ketones is 1. The smallest absolute Gasteiger partial charge is 0.166 e. The highest BCUT2D eigenvalue weighted by Crippen LogP contribution is 2.20. The van der Waals surface area contributed by atoms with Crippen LogP contribution in [0.25, 0.3) is 0 Å². The second kappa shape index (κ2) is 5.54. The standard InChI is InChI=1S/C13H18O2/c1-3-4-5-6-12(14)11-8-7-10(2)9-13(11)15/h7-9,15H,3-6H2,1-2H3. The van der Waals surface area contributed by atoms with Gasteiger partial charge in [0, 0.05) is 6.42 Å². The van der Waals surface area contributed by atoms with Crippen LogP contribution in [-0.2, 0) is 0 Å². The molecule has 82 valence electrons. The number of benzene rings is 1. The second-order valence-corrected chi connectivity index (χ2v) is 3.90. The van der Waals surface area contributed by atoms with Gasteiger partial charge < -0.3 is 5.11 Å². The summed E-state index contributed by atoms with van der Waals surface area (Å²) in [6, 6.07) is 5.19. The van der Waals surface area contributed by atoms with E-state index in [1.165, 1.54) is 0 Å². The first-order valence-corrected chi connectivity index (χ1v) is 5.48. The zero-order chi connectivity index (χ0) is 11.3. The van der Waals surface area contributed by atoms with E-state index in [9.17, 15) is 9.90 Å². The quantitative estimate of drug-likeness (QED) is 0.591. The van der Waals surface area contributed by atoms with Crippen molar-refractivity contribution in [1.29, 1.82) is 0 Å². The molecule has 0 heterocycles. The van der Waals surface area contributed by atoms with Crippen molar-refractivity contribution in [1.82, 2.24) is 0 Å². The molecule has 0 aromatic heterocycles. The minimum atomic E-state index is 0.0425. The van der Waals surface area contributed by atoms with Crippen LogP contribution in [0.5, 0.6) is 5.75 Å². The first-order chi connectivity index (χ1) is 7.15. The van der Waals surface area contributed by atoms with Crippen molar-refractivity contribution in [2.24, 2.45) is 0 Å². The van der Waals surface area contributed by atoms with Gasteiger partial charge in [-0.05, 0) is 31.0 Å². The van der Waals surface area contributed by atoms with Crippen molar-refractivity contribution in [2.75, 3.05) is 0 Å². The van der Waals surface area contributed by atoms with Gasteiger partial charge in [-0.3, -0.25) is 4.79 Å². The van der Waals surface area contributed by atoms with Crippen LogP contribution in [0.3, 0.4) is 0 Å². The molecule has 0 unspecified atom stereocenters. The molecule has 0 aliphatic heterocycles. The van der Waals surface area contributed by atoms with Gasteiger partial charge in [-0.15, -0.1) is 0 Å². The Kier molecular flexibility index (Phi) is 4.35. The molecule has 0 aliphatic rings. The van der Waals surface area contributed by atoms with Crippen LogP contribution in [-0.4, -0.2) is 10.9 Å². The number of hydrogen-bond acceptors (Lipinski definition) is 2. The van der Waals surface area contributed by atoms with E-state index < -0.39 is 0 Å². The molecule has 1 rings (SSSR count). The summed E-state index contributed by atoms with van der Waals surface area (Å²) in [4.78, 5) is 11.7. The number of Topliss-reactive ketones (excluding diaryl/α,β-unsaturated/α-hetero) is 1. The Morgan fingerprint density at radius 1 is 1.33 bits per heavy atom. The van der Waals surface area contributed by atoms with Gasteiger partial charge in [-0.25, -0.2) is 0 Å². The summed E-state index contributed by atoms with van der Waals surface area (Å²) in [5.41, 5.74) is 1.43. The monoisotopic (exact) mass is 206 g/mol. The SMILES string of the molecule is CCCCCC(=O)c1ccc(C)cc1O. The Labute approximate surface area is 90.9 Å². The summed E-state index contributed by atoms with van der Waals surface area (Å²) in [5, 5.41) is 9.60. The maximum absolute atomic E-state index is 11.7. The van der Waals surface area contributed by atoms with Gasteiger partial charge in [-0.2, -0.15) is 0 Å². The maximum Gasteiger partial charge on any atom is 0.166 e. The molecule has 0 atom stereocenters. The second-order valence-electron chi connectivity index (χ2n) is 3.90. The first-order valence-electron chi connectivity index (χ1n) is 5.48. The number of rotatable bonds is 5. The highest BCUT2D eigenvalue weighted by Gasteiger charge is 2.10. The Bertz CT molecular complexity index is 342. The molecule has 1 aromatic rings. The lowest BCUT2D eigenvalue weighted by Crippen LogP contribution is -1.99. The van der Waals surface area contributed by atoms with E-state index >= 15 is 0 Å². The van der Waals surface area contributed by atoms with E-state index in [2.05, 4.69) is 6.92 Å². The van der Waals surface area contributed by atoms with Crippen LogP contribution in [0, 0.1) is 6.92 Å². The number of carbonyl (C=O) groups excluding carboxylic acids is 1. The molecule has 0 fully saturated rings. The topological polar surface area (TPSA) is 37.3 Å². The van der Waals surface area contributed by atoms with Gasteiger partial charge >= 0.3 is 0 Å². The average molecular weight is 206 g/mol. The Hall–Kier alpha value is -1.31. The zero-order valence-electron chi connectivity index (χ0n) is 9.42. The third kappa shape index (κ3) is 3.39. The van der Waals surface area contributed by atoms with Crippen molar-refractivity contribution in [3.05, 3.63) is 29.3 Å². The lowest BCUT2D eigenvalue weighted by molar-refractivity contribution is 0.0976. The highest BCUT2D eigenvalue weighted by atomic mass is 16.3. The van der Waals surface area contributed by atoms with E-state index in [0.29, 0.717) is 12.0 Å². The van der Waals surface area contributed by atoms with Gasteiger partial charge in [-0.1, -0.05) is 25.8 Å². The zero-order valence-corrected chi connectivity index (χ0v) is 9.42. The average Bonchev–Trinajstić information content (AvgIpc) is 2.17. The van der Waals surface area contributed by atoms with Crippen molar-refractivity contribution in [3.8, 4) is 5.75 Å². The first kappa shape index (κ1) is 11.8. The predicted molar refractivity (Wildman–Crippen MR) is 61.3 cm³/mol. The lowest BCUT2D eigenvalue weighted by atomic mass is 10.0. The van der Waals surface area contributed by atoms with Gasteiger partial charge in [0.25, 0.3) is 0 Å². The third-order valence-electron chi connectivity index (χ3n) is 2.46. The third-order valence-corrected chi connectivity index (χ3v) is 2.46. The predicted octanol–water partition coefficient (Wildman–Crippen LogP) is 3.46. The number of phenols is 1. The maximum atomic E-state index is 11.7. The molecule has 0 spiro atoms. The summed E-state index contributed by atoms with van der Waals surface area (Å²) in [5.74, 6) is 0.150. The normalized spacial score (nSPS) is 10.3. The Morgan fingerprint density at radius 2 is 2.07 bits per heavy atom. The summed E-state index contributed by atoms with van der Waals surface area (Å²) in [7, 11) is 0. The van der Waals surface area contributed by atoms with Crippen molar-refractivity contribution >= 4 is 5.78 Å². The molecule has 0 amide bonds. The van der Waals surface area contributed by atoms with Crippen LogP contribution in [0.15, 0.2) is 18.2 Å². The molecular formula is C13H18O2. The minimum absolute atomic E-state index is 0.0425. The molecule has 0 aliphatic carbocycles. The summed E-state index contributed by atoms with van der Waals surface area (Å²) >= 11 is 0. The van der Waals surface area contributed by atoms with E-state index in [4.69, 9.17) is 0 Å². The molecule has 2 heteroatoms. The van der Waals surface area contributed by atoms with Gasteiger partial charge in [0.05, 0.1) is 5.56 Å². The minimum Gasteiger partial charge on any atom is -0.507 e. The molecule has 0 saturated heterocycles. The van der Waals surface area contributed by atoms with Crippen molar-refractivity contribution < 1.29 is 9.90 Å². The van der Waals surface area contributed by atoms with Crippen molar-refractivity contribution in [2.45, 2.75) is 39.5 Å². The van der Waals surface area contributed by atoms with E-state index in [-0.39, 0.29) is 11.5 Å². The highest BCUT2D eigenvalue weighted by molar-refractivity contribution is 5.98. The number of carbonyl (C=O) groups is 1. The fraction of sp³-hybridized carbons (Fsp3) is 0.462. The number of aryl methyl sites for hydroxylation is 1. The molecule has 0 bridgehead atoms. The molecule has 0 saturated carbocycles. The van der Waals surface area contributed by atoms with Gasteiger partial charge in [0.2, 0.25) is 0 Å². The van der Waals surface area contributed by atoms with E-state index in [1.54, 1.807) is 12.1 Å². The molecule has 0 radical (unpaired) electrons. The number of aromatic hydroxyl groups is 1. The molecule has 1 aromatic carbocycles. The van der Waals surface area contributed by atoms with Crippen LogP contribution >= 0.6 is 0 Å². The fourth-order valence-corrected chi connectivity index (χ4v) is 1.55. The van der Waals surface area contributed by atoms with Crippen LogP contribution in [0.1, 0.15) is 48.5 Å². The van der Waals surface area contributed by atoms with Crippen LogP contribution in [0.2, 0.25) is 0 Å². The summed E-state index contributed by atoms with van der Waals surface area (Å²) in [6.07, 6.45) is 3.61. The van der Waals surface area contributed by atoms with Crippen LogP contribution in [0.4, 0.5) is 0 Å². The molecule has 15 heavy (non-hydrogen) atoms. The number of hydrogen-bond donors (Lipinski definition) is 1. The summed E-state index contributed by atoms with van der Waals surface area (Å²) < 4.78 is 0. The Morgan fingerprint density at radius 3 is 2.67 bits per heavy atom. The number of phenolic OH excluding ortho intramolecular Hbond substituents is 1. The van der Waals surface area contributed by atoms with E-state index in [1.807, 2.05) is 13.0 Å². The molecule has 2 nitrogen and oxygen atoms in total. The Balaban J connectivity index is 2.65. The van der Waals surface area contributed by atoms with Crippen molar-refractivity contribution in [3.63, 3.8) is 0 Å². The fourth-order valence-electron chi connectivity index (χ4n) is 1.55. The van der Waals surface area contributed by atoms with E-state index in [0.717, 1.165) is 24.8 Å². The molecule has 1 N–H and O–H groups in total. The van der Waals surface area contributed by atoms with Crippen LogP contribution < -0.4 is 0 Å². The largest absolute Gasteiger partial charge is 0.507 e. The summed E-state index contributed by atoms with van der Waals surface area (Å²) in [6.45, 7) is 4.00. The molecular weight excluding hydrogens is 188 g/mol. The number of unbranched alkanes of at least 4 members (excludes halogenated alkanes) is 2. The van der Waals surface area contributed by atoms with Gasteiger partial charge in [0.1, 0.15) is 5.75 Å².